The fourth-order valence-corrected chi connectivity index (χ4v) is 2.00. The van der Waals surface area contributed by atoms with Crippen LogP contribution in [0.25, 0.3) is 10.9 Å². The summed E-state index contributed by atoms with van der Waals surface area (Å²) >= 11 is 6.05. The van der Waals surface area contributed by atoms with E-state index in [0.717, 1.165) is 0 Å². The SMILES string of the molecule is CCOC(=O)COc1cc2nccc(Cl)c2cc1C(N)=O. The van der Waals surface area contributed by atoms with E-state index < -0.39 is 11.9 Å². The molecule has 1 aromatic heterocycles. The number of hydrogen-bond acceptors (Lipinski definition) is 5. The molecule has 0 saturated heterocycles. The Labute approximate surface area is 125 Å². The van der Waals surface area contributed by atoms with Crippen LogP contribution in [-0.4, -0.2) is 30.1 Å². The van der Waals surface area contributed by atoms with E-state index in [0.29, 0.717) is 15.9 Å². The summed E-state index contributed by atoms with van der Waals surface area (Å²) < 4.78 is 10.1. The number of rotatable bonds is 5. The molecule has 0 aliphatic carbocycles. The Hall–Kier alpha value is -2.34. The third-order valence-corrected chi connectivity index (χ3v) is 3.04. The zero-order chi connectivity index (χ0) is 15.4. The van der Waals surface area contributed by atoms with Crippen molar-refractivity contribution in [3.63, 3.8) is 0 Å². The maximum Gasteiger partial charge on any atom is 0.344 e. The third-order valence-electron chi connectivity index (χ3n) is 2.71. The minimum absolute atomic E-state index is 0.127. The van der Waals surface area contributed by atoms with Crippen molar-refractivity contribution in [3.8, 4) is 5.75 Å². The molecule has 1 heterocycles. The number of ether oxygens (including phenoxy) is 2. The van der Waals surface area contributed by atoms with E-state index in [1.54, 1.807) is 13.0 Å². The first-order valence-electron chi connectivity index (χ1n) is 6.19. The van der Waals surface area contributed by atoms with Gasteiger partial charge in [0.25, 0.3) is 5.91 Å². The van der Waals surface area contributed by atoms with Crippen LogP contribution >= 0.6 is 11.6 Å². The number of aromatic nitrogens is 1. The molecule has 0 saturated carbocycles. The van der Waals surface area contributed by atoms with E-state index in [2.05, 4.69) is 4.98 Å². The van der Waals surface area contributed by atoms with Crippen molar-refractivity contribution in [2.24, 2.45) is 5.73 Å². The molecule has 2 rings (SSSR count). The molecule has 0 unspecified atom stereocenters. The number of hydrogen-bond donors (Lipinski definition) is 1. The molecule has 110 valence electrons. The molecule has 0 aliphatic rings. The molecule has 1 amide bonds. The van der Waals surface area contributed by atoms with Crippen molar-refractivity contribution >= 4 is 34.4 Å². The Morgan fingerprint density at radius 1 is 1.38 bits per heavy atom. The van der Waals surface area contributed by atoms with Gasteiger partial charge in [-0.2, -0.15) is 0 Å². The topological polar surface area (TPSA) is 91.5 Å². The first kappa shape index (κ1) is 15.1. The summed E-state index contributed by atoms with van der Waals surface area (Å²) in [5.41, 5.74) is 5.98. The lowest BCUT2D eigenvalue weighted by Crippen LogP contribution is -2.18. The summed E-state index contributed by atoms with van der Waals surface area (Å²) in [6.07, 6.45) is 1.53. The zero-order valence-corrected chi connectivity index (χ0v) is 12.0. The number of primary amides is 1. The lowest BCUT2D eigenvalue weighted by atomic mass is 10.1. The van der Waals surface area contributed by atoms with Gasteiger partial charge in [0.2, 0.25) is 0 Å². The van der Waals surface area contributed by atoms with E-state index in [-0.39, 0.29) is 24.5 Å². The molecule has 0 aliphatic heterocycles. The Balaban J connectivity index is 2.39. The van der Waals surface area contributed by atoms with Gasteiger partial charge >= 0.3 is 5.97 Å². The Kier molecular flexibility index (Phi) is 4.59. The van der Waals surface area contributed by atoms with Crippen molar-refractivity contribution in [1.82, 2.24) is 4.98 Å². The Morgan fingerprint density at radius 3 is 2.81 bits per heavy atom. The molecule has 6 nitrogen and oxygen atoms in total. The van der Waals surface area contributed by atoms with Gasteiger partial charge in [0, 0.05) is 17.6 Å². The lowest BCUT2D eigenvalue weighted by Gasteiger charge is -2.11. The summed E-state index contributed by atoms with van der Waals surface area (Å²) in [5.74, 6) is -1.06. The van der Waals surface area contributed by atoms with Crippen LogP contribution in [0.1, 0.15) is 17.3 Å². The summed E-state index contributed by atoms with van der Waals surface area (Å²) in [4.78, 5) is 27.0. The highest BCUT2D eigenvalue weighted by molar-refractivity contribution is 6.35. The minimum Gasteiger partial charge on any atom is -0.481 e. The van der Waals surface area contributed by atoms with Crippen molar-refractivity contribution in [2.45, 2.75) is 6.92 Å². The van der Waals surface area contributed by atoms with Gasteiger partial charge in [0.1, 0.15) is 5.75 Å². The second-order valence-electron chi connectivity index (χ2n) is 4.12. The second kappa shape index (κ2) is 6.41. The van der Waals surface area contributed by atoms with Gasteiger partial charge in [0.15, 0.2) is 6.61 Å². The quantitative estimate of drug-likeness (QED) is 0.852. The van der Waals surface area contributed by atoms with Crippen molar-refractivity contribution in [3.05, 3.63) is 35.0 Å². The largest absolute Gasteiger partial charge is 0.481 e. The number of fused-ring (bicyclic) bond motifs is 1. The highest BCUT2D eigenvalue weighted by Gasteiger charge is 2.15. The Morgan fingerprint density at radius 2 is 2.14 bits per heavy atom. The van der Waals surface area contributed by atoms with Crippen molar-refractivity contribution in [2.75, 3.05) is 13.2 Å². The van der Waals surface area contributed by atoms with E-state index in [1.165, 1.54) is 18.3 Å². The van der Waals surface area contributed by atoms with E-state index >= 15 is 0 Å². The zero-order valence-electron chi connectivity index (χ0n) is 11.3. The summed E-state index contributed by atoms with van der Waals surface area (Å²) in [5, 5.41) is 1.02. The van der Waals surface area contributed by atoms with Crippen molar-refractivity contribution in [1.29, 1.82) is 0 Å². The number of nitrogens with zero attached hydrogens (tertiary/aromatic N) is 1. The maximum atomic E-state index is 11.5. The predicted octanol–water partition coefficient (Wildman–Crippen LogP) is 1.93. The van der Waals surface area contributed by atoms with Crippen LogP contribution in [0.2, 0.25) is 5.02 Å². The highest BCUT2D eigenvalue weighted by atomic mass is 35.5. The average Bonchev–Trinajstić information content (AvgIpc) is 2.45. The van der Waals surface area contributed by atoms with Gasteiger partial charge in [-0.05, 0) is 19.1 Å². The first-order chi connectivity index (χ1) is 10.0. The third kappa shape index (κ3) is 3.41. The van der Waals surface area contributed by atoms with Crippen LogP contribution in [0.5, 0.6) is 5.75 Å². The number of nitrogens with two attached hydrogens (primary N) is 1. The standard InChI is InChI=1S/C14H13ClN2O4/c1-2-20-13(18)7-21-12-6-11-8(5-9(12)14(16)19)10(15)3-4-17-11/h3-6H,2,7H2,1H3,(H2,16,19). The molecule has 0 fully saturated rings. The molecule has 1 aromatic carbocycles. The number of carbonyl (C=O) groups excluding carboxylic acids is 2. The predicted molar refractivity (Wildman–Crippen MR) is 77.4 cm³/mol. The van der Waals surface area contributed by atoms with Crippen LogP contribution in [0.15, 0.2) is 24.4 Å². The van der Waals surface area contributed by atoms with Crippen LogP contribution in [0.3, 0.4) is 0 Å². The van der Waals surface area contributed by atoms with Crippen molar-refractivity contribution < 1.29 is 19.1 Å². The Bertz CT molecular complexity index is 703. The molecule has 2 N–H and O–H groups in total. The van der Waals surface area contributed by atoms with Gasteiger partial charge < -0.3 is 15.2 Å². The van der Waals surface area contributed by atoms with Gasteiger partial charge in [-0.25, -0.2) is 4.79 Å². The molecule has 21 heavy (non-hydrogen) atoms. The molecule has 0 radical (unpaired) electrons. The highest BCUT2D eigenvalue weighted by Crippen LogP contribution is 2.29. The summed E-state index contributed by atoms with van der Waals surface area (Å²) in [7, 11) is 0. The molecular weight excluding hydrogens is 296 g/mol. The molecule has 2 aromatic rings. The molecule has 7 heteroatoms. The maximum absolute atomic E-state index is 11.5. The normalized spacial score (nSPS) is 10.4. The number of benzene rings is 1. The first-order valence-corrected chi connectivity index (χ1v) is 6.57. The molecule has 0 bridgehead atoms. The van der Waals surface area contributed by atoms with Crippen LogP contribution in [0, 0.1) is 0 Å². The lowest BCUT2D eigenvalue weighted by molar-refractivity contribution is -0.145. The fourth-order valence-electron chi connectivity index (χ4n) is 1.79. The molecule has 0 atom stereocenters. The average molecular weight is 309 g/mol. The monoisotopic (exact) mass is 308 g/mol. The van der Waals surface area contributed by atoms with Gasteiger partial charge in [-0.15, -0.1) is 0 Å². The summed E-state index contributed by atoms with van der Waals surface area (Å²) in [6, 6.07) is 4.61. The van der Waals surface area contributed by atoms with Crippen LogP contribution < -0.4 is 10.5 Å². The fraction of sp³-hybridized carbons (Fsp3) is 0.214. The van der Waals surface area contributed by atoms with E-state index in [4.69, 9.17) is 26.8 Å². The molecule has 0 spiro atoms. The number of esters is 1. The van der Waals surface area contributed by atoms with Crippen LogP contribution in [0.4, 0.5) is 0 Å². The van der Waals surface area contributed by atoms with Crippen LogP contribution in [-0.2, 0) is 9.53 Å². The van der Waals surface area contributed by atoms with Gasteiger partial charge in [0.05, 0.1) is 22.7 Å². The smallest absolute Gasteiger partial charge is 0.344 e. The van der Waals surface area contributed by atoms with Gasteiger partial charge in [-0.3, -0.25) is 9.78 Å². The number of amides is 1. The van der Waals surface area contributed by atoms with E-state index in [9.17, 15) is 9.59 Å². The summed E-state index contributed by atoms with van der Waals surface area (Å²) in [6.45, 7) is 1.62. The minimum atomic E-state index is -0.685. The molecular formula is C14H13ClN2O4. The van der Waals surface area contributed by atoms with E-state index in [1.807, 2.05) is 0 Å². The second-order valence-corrected chi connectivity index (χ2v) is 4.52. The number of pyridine rings is 1. The van der Waals surface area contributed by atoms with Gasteiger partial charge in [-0.1, -0.05) is 11.6 Å². The number of halogens is 1. The number of carbonyl (C=O) groups is 2.